The zero-order valence-electron chi connectivity index (χ0n) is 16.4. The molecule has 0 saturated carbocycles. The maximum absolute atomic E-state index is 4.21. The van der Waals surface area contributed by atoms with Crippen molar-refractivity contribution in [1.82, 2.24) is 0 Å². The highest BCUT2D eigenvalue weighted by atomic mass is 14.5. The van der Waals surface area contributed by atoms with Gasteiger partial charge >= 0.3 is 0 Å². The fourth-order valence-electron chi connectivity index (χ4n) is 4.32. The highest BCUT2D eigenvalue weighted by Gasteiger charge is 2.46. The molecule has 27 heavy (non-hydrogen) atoms. The quantitative estimate of drug-likeness (QED) is 0.451. The molecule has 0 unspecified atom stereocenters. The van der Waals surface area contributed by atoms with Crippen molar-refractivity contribution in [1.29, 1.82) is 0 Å². The van der Waals surface area contributed by atoms with Crippen molar-refractivity contribution in [2.24, 2.45) is 0 Å². The second-order valence-electron chi connectivity index (χ2n) is 6.83. The van der Waals surface area contributed by atoms with Crippen LogP contribution in [0.1, 0.15) is 37.8 Å². The number of benzene rings is 2. The first-order valence-electron chi connectivity index (χ1n) is 9.74. The van der Waals surface area contributed by atoms with E-state index in [2.05, 4.69) is 93.8 Å². The molecule has 0 amide bonds. The Morgan fingerprint density at radius 2 is 1.52 bits per heavy atom. The van der Waals surface area contributed by atoms with Gasteiger partial charge in [-0.3, -0.25) is 0 Å². The third kappa shape index (κ3) is 2.96. The fraction of sp³-hybridized carbons (Fsp3) is 0.185. The Morgan fingerprint density at radius 1 is 0.926 bits per heavy atom. The number of fused-ring (bicyclic) bond motifs is 3. The molecule has 0 spiro atoms. The van der Waals surface area contributed by atoms with Crippen molar-refractivity contribution < 1.29 is 0 Å². The molecule has 1 aliphatic carbocycles. The fourth-order valence-corrected chi connectivity index (χ4v) is 4.32. The average Bonchev–Trinajstić information content (AvgIpc) is 3.01. The van der Waals surface area contributed by atoms with Gasteiger partial charge in [0.1, 0.15) is 0 Å². The second kappa shape index (κ2) is 8.22. The Balaban J connectivity index is 2.46. The van der Waals surface area contributed by atoms with Crippen molar-refractivity contribution in [3.05, 3.63) is 120 Å². The van der Waals surface area contributed by atoms with E-state index in [0.717, 1.165) is 12.8 Å². The molecule has 0 atom stereocenters. The first-order valence-corrected chi connectivity index (χ1v) is 9.74. The molecule has 2 aromatic rings. The van der Waals surface area contributed by atoms with Gasteiger partial charge in [-0.25, -0.2) is 0 Å². The summed E-state index contributed by atoms with van der Waals surface area (Å²) < 4.78 is 0. The van der Waals surface area contributed by atoms with Crippen LogP contribution in [-0.4, -0.2) is 0 Å². The van der Waals surface area contributed by atoms with Crippen molar-refractivity contribution in [2.75, 3.05) is 0 Å². The number of unbranched alkanes of at least 4 members (excludes halogenated alkanes) is 1. The molecule has 2 aromatic carbocycles. The average molecular weight is 353 g/mol. The van der Waals surface area contributed by atoms with Crippen LogP contribution < -0.4 is 0 Å². The SMILES string of the molecule is C=C/C=C\C(=C/C)C1(/C(C=C)=C/CCC)c2ccccc2-c2ccccc21. The third-order valence-corrected chi connectivity index (χ3v) is 5.41. The normalized spacial score (nSPS) is 15.5. The third-order valence-electron chi connectivity index (χ3n) is 5.41. The summed E-state index contributed by atoms with van der Waals surface area (Å²) in [6.07, 6.45) is 14.8. The van der Waals surface area contributed by atoms with Crippen LogP contribution in [-0.2, 0) is 5.41 Å². The topological polar surface area (TPSA) is 0 Å². The Kier molecular flexibility index (Phi) is 5.76. The second-order valence-corrected chi connectivity index (χ2v) is 6.83. The lowest BCUT2D eigenvalue weighted by molar-refractivity contribution is 0.754. The van der Waals surface area contributed by atoms with E-state index in [1.165, 1.54) is 33.4 Å². The number of hydrogen-bond donors (Lipinski definition) is 0. The van der Waals surface area contributed by atoms with E-state index >= 15 is 0 Å². The van der Waals surface area contributed by atoms with Crippen LogP contribution in [0, 0.1) is 0 Å². The minimum Gasteiger partial charge on any atom is -0.0991 e. The van der Waals surface area contributed by atoms with Gasteiger partial charge in [-0.2, -0.15) is 0 Å². The van der Waals surface area contributed by atoms with Gasteiger partial charge < -0.3 is 0 Å². The lowest BCUT2D eigenvalue weighted by atomic mass is 9.66. The van der Waals surface area contributed by atoms with Crippen LogP contribution in [0.2, 0.25) is 0 Å². The first kappa shape index (κ1) is 18.9. The van der Waals surface area contributed by atoms with Crippen molar-refractivity contribution in [2.45, 2.75) is 32.1 Å². The monoisotopic (exact) mass is 352 g/mol. The van der Waals surface area contributed by atoms with E-state index in [0.29, 0.717) is 0 Å². The summed E-state index contributed by atoms with van der Waals surface area (Å²) in [7, 11) is 0. The molecular formula is C27H28. The molecule has 0 bridgehead atoms. The lowest BCUT2D eigenvalue weighted by Crippen LogP contribution is -2.29. The number of hydrogen-bond acceptors (Lipinski definition) is 0. The van der Waals surface area contributed by atoms with Crippen molar-refractivity contribution in [3.63, 3.8) is 0 Å². The highest BCUT2D eigenvalue weighted by molar-refractivity contribution is 5.87. The van der Waals surface area contributed by atoms with Crippen molar-refractivity contribution in [3.8, 4) is 11.1 Å². The Labute approximate surface area is 164 Å². The van der Waals surface area contributed by atoms with Crippen LogP contribution in [0.25, 0.3) is 11.1 Å². The molecule has 0 heteroatoms. The minimum atomic E-state index is -0.335. The Bertz CT molecular complexity index is 889. The van der Waals surface area contributed by atoms with Gasteiger partial charge in [0, 0.05) is 0 Å². The summed E-state index contributed by atoms with van der Waals surface area (Å²) in [5, 5.41) is 0. The number of rotatable bonds is 7. The Hall–Kier alpha value is -2.86. The van der Waals surface area contributed by atoms with Crippen LogP contribution in [0.5, 0.6) is 0 Å². The summed E-state index contributed by atoms with van der Waals surface area (Å²) >= 11 is 0. The predicted octanol–water partition coefficient (Wildman–Crippen LogP) is 7.55. The minimum absolute atomic E-state index is 0.335. The van der Waals surface area contributed by atoms with E-state index in [-0.39, 0.29) is 5.41 Å². The molecule has 0 saturated heterocycles. The summed E-state index contributed by atoms with van der Waals surface area (Å²) in [6, 6.07) is 17.6. The van der Waals surface area contributed by atoms with E-state index in [1.807, 2.05) is 18.2 Å². The zero-order valence-corrected chi connectivity index (χ0v) is 16.4. The molecule has 0 N–H and O–H groups in total. The maximum atomic E-state index is 4.21. The molecule has 3 rings (SSSR count). The molecule has 0 aliphatic heterocycles. The standard InChI is InChI=1S/C27H28/c1-5-9-15-21(7-3)27(22(8-4)16-10-6-2)25-19-13-11-17-23(25)24-18-12-14-20-26(24)27/h5,7-9,11-20H,1,4,6,10H2,2-3H3/b15-9-,21-7+,22-16+. The van der Waals surface area contributed by atoms with E-state index in [9.17, 15) is 0 Å². The molecular weight excluding hydrogens is 324 g/mol. The van der Waals surface area contributed by atoms with Gasteiger partial charge in [0.05, 0.1) is 5.41 Å². The molecule has 0 radical (unpaired) electrons. The van der Waals surface area contributed by atoms with Gasteiger partial charge in [-0.05, 0) is 46.7 Å². The molecule has 0 nitrogen and oxygen atoms in total. The van der Waals surface area contributed by atoms with Crippen LogP contribution in [0.15, 0.2) is 109 Å². The van der Waals surface area contributed by atoms with Crippen LogP contribution in [0.3, 0.4) is 0 Å². The molecule has 1 aliphatic rings. The summed E-state index contributed by atoms with van der Waals surface area (Å²) in [5.41, 5.74) is 7.45. The first-order chi connectivity index (χ1) is 13.2. The van der Waals surface area contributed by atoms with E-state index in [1.54, 1.807) is 0 Å². The smallest absolute Gasteiger partial charge is 0.0707 e. The molecule has 0 fully saturated rings. The van der Waals surface area contributed by atoms with E-state index in [4.69, 9.17) is 0 Å². The van der Waals surface area contributed by atoms with Gasteiger partial charge in [0.2, 0.25) is 0 Å². The predicted molar refractivity (Wildman–Crippen MR) is 119 cm³/mol. The molecule has 136 valence electrons. The van der Waals surface area contributed by atoms with Gasteiger partial charge in [0.15, 0.2) is 0 Å². The van der Waals surface area contributed by atoms with Gasteiger partial charge in [0.25, 0.3) is 0 Å². The molecule has 0 aromatic heterocycles. The van der Waals surface area contributed by atoms with Crippen molar-refractivity contribution >= 4 is 0 Å². The summed E-state index contributed by atoms with van der Waals surface area (Å²) in [4.78, 5) is 0. The maximum Gasteiger partial charge on any atom is 0.0707 e. The van der Waals surface area contributed by atoms with Gasteiger partial charge in [-0.15, -0.1) is 0 Å². The van der Waals surface area contributed by atoms with Gasteiger partial charge in [-0.1, -0.05) is 111 Å². The molecule has 0 heterocycles. The largest absolute Gasteiger partial charge is 0.0991 e. The number of allylic oxidation sites excluding steroid dienone is 8. The van der Waals surface area contributed by atoms with Crippen LogP contribution >= 0.6 is 0 Å². The highest BCUT2D eigenvalue weighted by Crippen LogP contribution is 2.57. The van der Waals surface area contributed by atoms with Crippen LogP contribution in [0.4, 0.5) is 0 Å². The summed E-state index contributed by atoms with van der Waals surface area (Å²) in [6.45, 7) is 12.4. The summed E-state index contributed by atoms with van der Waals surface area (Å²) in [5.74, 6) is 0. The Morgan fingerprint density at radius 3 is 2.00 bits per heavy atom. The lowest BCUT2D eigenvalue weighted by Gasteiger charge is -2.35. The van der Waals surface area contributed by atoms with E-state index < -0.39 is 0 Å². The zero-order chi connectivity index (χ0) is 19.3.